The molecule has 484 valence electrons. The monoisotopic (exact) mass is 1470 g/mol. The zero-order chi connectivity index (χ0) is 65.1. The summed E-state index contributed by atoms with van der Waals surface area (Å²) in [6.07, 6.45) is 7.26. The third-order valence-corrected chi connectivity index (χ3v) is 20.1. The molecular formula is C60H69BBrF3K2N14O8S4. The predicted molar refractivity (Wildman–Crippen MR) is 358 cm³/mol. The Bertz CT molecular complexity index is 4100. The number of hydrogen-bond donors (Lipinski definition) is 3. The minimum absolute atomic E-state index is 0. The molecule has 12 heterocycles. The summed E-state index contributed by atoms with van der Waals surface area (Å²) < 4.78 is 39.8. The Hall–Kier alpha value is -4.53. The van der Waals surface area contributed by atoms with E-state index >= 15 is 0 Å². The molecule has 22 nitrogen and oxygen atoms in total. The molecule has 0 bridgehead atoms. The maximum atomic E-state index is 12.7. The number of ether oxygens (including phenoxy) is 2. The molecule has 0 unspecified atom stereocenters. The van der Waals surface area contributed by atoms with Gasteiger partial charge in [0.25, 0.3) is 5.91 Å². The van der Waals surface area contributed by atoms with Crippen LogP contribution in [-0.2, 0) is 9.47 Å². The molecule has 1 amide bonds. The van der Waals surface area contributed by atoms with Gasteiger partial charge >= 0.3 is 128 Å². The van der Waals surface area contributed by atoms with Crippen LogP contribution in [0.25, 0.3) is 40.9 Å². The van der Waals surface area contributed by atoms with Crippen molar-refractivity contribution in [3.05, 3.63) is 142 Å². The summed E-state index contributed by atoms with van der Waals surface area (Å²) >= 11 is 8.70. The number of nitrogens with two attached hydrogens (primary N) is 1. The Morgan fingerprint density at radius 2 is 0.903 bits per heavy atom. The van der Waals surface area contributed by atoms with Gasteiger partial charge in [0.2, 0.25) is 0 Å². The van der Waals surface area contributed by atoms with Gasteiger partial charge < -0.3 is 48.3 Å². The van der Waals surface area contributed by atoms with Crippen molar-refractivity contribution in [3.63, 3.8) is 0 Å². The molecule has 12 rings (SSSR count). The number of halogens is 4. The van der Waals surface area contributed by atoms with E-state index in [0.717, 1.165) is 139 Å². The van der Waals surface area contributed by atoms with Gasteiger partial charge in [-0.2, -0.15) is 20.4 Å². The van der Waals surface area contributed by atoms with Crippen LogP contribution in [0.3, 0.4) is 0 Å². The summed E-state index contributed by atoms with van der Waals surface area (Å²) in [4.78, 5) is 65.1. The molecule has 0 radical (unpaired) electrons. The summed E-state index contributed by atoms with van der Waals surface area (Å²) in [5, 5.41) is 48.9. The summed E-state index contributed by atoms with van der Waals surface area (Å²) in [6.45, 7) is 29.2. The maximum absolute atomic E-state index is 12.7. The Morgan fingerprint density at radius 1 is 0.570 bits per heavy atom. The van der Waals surface area contributed by atoms with Crippen molar-refractivity contribution in [1.82, 2.24) is 56.1 Å². The Labute approximate surface area is 646 Å². The van der Waals surface area contributed by atoms with Crippen LogP contribution in [-0.4, -0.2) is 144 Å². The first-order valence-electron chi connectivity index (χ1n) is 27.7. The van der Waals surface area contributed by atoms with Crippen molar-refractivity contribution in [2.24, 2.45) is 5.73 Å². The number of esters is 2. The number of carboxylic acid groups (broad SMARTS) is 1. The number of amides is 1. The van der Waals surface area contributed by atoms with Gasteiger partial charge in [-0.1, -0.05) is 0 Å². The van der Waals surface area contributed by atoms with E-state index in [1.807, 2.05) is 107 Å². The largest absolute Gasteiger partial charge is 1.00 e. The summed E-state index contributed by atoms with van der Waals surface area (Å²) in [6, 6.07) is 8.47. The fourth-order valence-corrected chi connectivity index (χ4v) is 14.5. The average molecular weight is 1470 g/mol. The number of nitrogens with one attached hydrogen (secondary N) is 1. The molecule has 0 aliphatic carbocycles. The number of carbonyl (C=O) groups excluding carboxylic acids is 3. The molecule has 0 saturated carbocycles. The second-order valence-electron chi connectivity index (χ2n) is 20.4. The molecule has 10 aromatic rings. The molecule has 0 aromatic carbocycles. The molecule has 93 heavy (non-hydrogen) atoms. The molecular weight excluding hydrogens is 1400 g/mol. The average Bonchev–Trinajstić information content (AvgIpc) is 1.69. The number of pyridine rings is 2. The topological polar surface area (TPSA) is 310 Å². The van der Waals surface area contributed by atoms with Crippen molar-refractivity contribution in [2.75, 3.05) is 49.2 Å². The molecule has 2 saturated heterocycles. The Balaban J connectivity index is 0.000000302. The minimum Gasteiger partial charge on any atom is -0.870 e. The van der Waals surface area contributed by atoms with Gasteiger partial charge in [-0.15, -0.1) is 65.7 Å². The van der Waals surface area contributed by atoms with E-state index in [0.29, 0.717) is 38.7 Å². The van der Waals surface area contributed by atoms with Gasteiger partial charge in [0, 0.05) is 66.2 Å². The van der Waals surface area contributed by atoms with E-state index in [1.54, 1.807) is 26.2 Å². The first-order chi connectivity index (χ1) is 42.3. The van der Waals surface area contributed by atoms with Gasteiger partial charge in [-0.3, -0.25) is 27.7 Å². The van der Waals surface area contributed by atoms with Crippen LogP contribution >= 0.6 is 61.3 Å². The van der Waals surface area contributed by atoms with E-state index < -0.39 is 13.5 Å². The molecule has 0 atom stereocenters. The number of aryl methyl sites for hydroxylation is 11. The van der Waals surface area contributed by atoms with Crippen molar-refractivity contribution in [3.8, 4) is 0 Å². The Kier molecular flexibility index (Phi) is 33.6. The third kappa shape index (κ3) is 20.3. The van der Waals surface area contributed by atoms with Crippen LogP contribution in [0.2, 0.25) is 0 Å². The number of anilines is 2. The van der Waals surface area contributed by atoms with Gasteiger partial charge in [0.1, 0.15) is 34.0 Å². The fraction of sp³-hybridized carbons (Fsp3) is 0.350. The van der Waals surface area contributed by atoms with Crippen LogP contribution in [0.1, 0.15) is 114 Å². The van der Waals surface area contributed by atoms with Gasteiger partial charge in [-0.05, 0) is 169 Å². The number of carbonyl (C=O) groups is 4. The zero-order valence-electron chi connectivity index (χ0n) is 54.5. The molecule has 2 aliphatic rings. The van der Waals surface area contributed by atoms with Crippen LogP contribution in [0.4, 0.5) is 24.3 Å². The maximum Gasteiger partial charge on any atom is 1.00 e. The van der Waals surface area contributed by atoms with E-state index in [2.05, 4.69) is 87.9 Å². The van der Waals surface area contributed by atoms with Crippen LogP contribution in [0.15, 0.2) is 53.5 Å². The molecule has 2 aliphatic heterocycles. The van der Waals surface area contributed by atoms with Crippen LogP contribution in [0.5, 0.6) is 0 Å². The molecule has 33 heteroatoms. The fourth-order valence-electron chi connectivity index (χ4n) is 9.31. The van der Waals surface area contributed by atoms with Crippen molar-refractivity contribution in [1.29, 1.82) is 0 Å². The number of thiophene rings is 4. The minimum atomic E-state index is -3.67. The van der Waals surface area contributed by atoms with Crippen molar-refractivity contribution in [2.45, 2.75) is 102 Å². The first kappa shape index (κ1) is 82.7. The normalized spacial score (nSPS) is 12.1. The first-order valence-corrected chi connectivity index (χ1v) is 31.8. The van der Waals surface area contributed by atoms with Gasteiger partial charge in [0.05, 0.1) is 75.1 Å². The number of hydrogen-bond acceptors (Lipinski definition) is 24. The summed E-state index contributed by atoms with van der Waals surface area (Å²) in [5.74, 6) is -1.51. The third-order valence-electron chi connectivity index (χ3n) is 14.5. The summed E-state index contributed by atoms with van der Waals surface area (Å²) in [7, 11) is -3.67. The van der Waals surface area contributed by atoms with Crippen molar-refractivity contribution >= 4 is 145 Å². The number of nitrogens with zero attached hydrogens (tertiary/aromatic N) is 12. The molecule has 2 fully saturated rings. The zero-order valence-corrected chi connectivity index (χ0v) is 65.6. The second-order valence-corrected chi connectivity index (χ2v) is 25.2. The number of aromatic nitrogens is 10. The van der Waals surface area contributed by atoms with Gasteiger partial charge in [0.15, 0.2) is 0 Å². The second kappa shape index (κ2) is 37.8. The van der Waals surface area contributed by atoms with Crippen LogP contribution in [0, 0.1) is 83.6 Å². The molecule has 5 N–H and O–H groups in total. The molecule has 0 spiro atoms. The van der Waals surface area contributed by atoms with E-state index in [9.17, 15) is 32.1 Å². The van der Waals surface area contributed by atoms with Crippen molar-refractivity contribution < 1.29 is 155 Å². The SMILES string of the molecule is CCOC(=O)c1sc2nnc(C)c(C)c2c1Br.CCOC(=O)c1sc2nnc(C)c(C)c2c1C.Cc1nnc2sc(C(=O)NC3CN(c4cccnc4)C3)c(C)c2c1C.Cc1nnc2sc(C(=O)O)c(C)c2c1C.FB(F)F.NC1CN(c2cccnc2)C1.[CH3-].[K+].[K+].[OH-]. The van der Waals surface area contributed by atoms with E-state index in [-0.39, 0.29) is 140 Å². The number of rotatable bonds is 9. The standard InChI is InChI=1S/C18H19N5OS.C12H14N2O2S.C11H11BrN2O2S.C10H10N2O2S.C8H11N3.CH3.BF3.2K.H2O/c1-10-12(3)21-22-18-15(10)11(2)16(25-18)17(24)20-13-8-23(9-13)14-5-4-6-19-7-14;1-5-16-12(15)10-7(3)9-6(2)8(4)13-14-11(9)17-10;1-4-16-11(15)9-8(12)7-5(2)6(3)13-14-10(7)17-9;1-4-6(3)11-12-9-7(4)5(2)8(15-9)10(13)14;9-7-5-11(6-7)8-2-1-3-10-4-8;;2-1(3)4;;;/h4-7,13H,8-9H2,1-3H3,(H,20,24);5H2,1-4H3;4H2,1-3H3;1-3H3,(H,13,14);1-4,7H,5-6,9H2;1H3;;;;1H2/q;;;;;-1;;2*+1;/p-1. The summed E-state index contributed by atoms with van der Waals surface area (Å²) in [5.41, 5.74) is 18.4. The number of fused-ring (bicyclic) bond motifs is 4. The molecule has 10 aromatic heterocycles. The quantitative estimate of drug-likeness (QED) is 0.0802. The van der Waals surface area contributed by atoms with Gasteiger partial charge in [-0.25, -0.2) is 14.4 Å². The number of aromatic carboxylic acids is 1. The predicted octanol–water partition coefficient (Wildman–Crippen LogP) is 6.38. The smallest absolute Gasteiger partial charge is 0.870 e. The van der Waals surface area contributed by atoms with E-state index in [1.165, 1.54) is 51.0 Å². The Morgan fingerprint density at radius 3 is 1.28 bits per heavy atom. The van der Waals surface area contributed by atoms with E-state index in [4.69, 9.17) is 20.3 Å². The number of carboxylic acids is 1. The van der Waals surface area contributed by atoms with Crippen LogP contribution < -0.4 is 124 Å².